The highest BCUT2D eigenvalue weighted by atomic mass is 32.1. The predicted molar refractivity (Wildman–Crippen MR) is 116 cm³/mol. The summed E-state index contributed by atoms with van der Waals surface area (Å²) in [6, 6.07) is 8.53. The Kier molecular flexibility index (Phi) is 5.67. The average molecular weight is 458 g/mol. The molecule has 0 aliphatic carbocycles. The fraction of sp³-hybridized carbons (Fsp3) is 0.391. The van der Waals surface area contributed by atoms with Crippen LogP contribution in [0.1, 0.15) is 63.5 Å². The lowest BCUT2D eigenvalue weighted by Gasteiger charge is -2.28. The molecule has 166 valence electrons. The van der Waals surface area contributed by atoms with Gasteiger partial charge in [-0.05, 0) is 49.1 Å². The molecule has 32 heavy (non-hydrogen) atoms. The Morgan fingerprint density at radius 2 is 1.94 bits per heavy atom. The summed E-state index contributed by atoms with van der Waals surface area (Å²) in [6.45, 7) is 8.01. The number of thiazole rings is 1. The largest absolute Gasteiger partial charge is 0.433 e. The highest BCUT2D eigenvalue weighted by Gasteiger charge is 2.39. The molecular formula is C23H22F3N5S. The van der Waals surface area contributed by atoms with Gasteiger partial charge >= 0.3 is 6.18 Å². The Balaban J connectivity index is 1.65. The molecule has 4 rings (SSSR count). The first-order valence-corrected chi connectivity index (χ1v) is 11.1. The van der Waals surface area contributed by atoms with Gasteiger partial charge in [0.15, 0.2) is 0 Å². The van der Waals surface area contributed by atoms with Crippen molar-refractivity contribution in [1.82, 2.24) is 15.0 Å². The molecule has 1 atom stereocenters. The van der Waals surface area contributed by atoms with Crippen molar-refractivity contribution in [1.29, 1.82) is 5.26 Å². The fourth-order valence-electron chi connectivity index (χ4n) is 4.06. The fourth-order valence-corrected chi connectivity index (χ4v) is 5.19. The molecule has 3 heterocycles. The Labute approximate surface area is 188 Å². The van der Waals surface area contributed by atoms with Crippen molar-refractivity contribution < 1.29 is 13.2 Å². The van der Waals surface area contributed by atoms with Crippen LogP contribution in [0, 0.1) is 31.1 Å². The molecule has 0 saturated carbocycles. The van der Waals surface area contributed by atoms with Crippen molar-refractivity contribution in [2.75, 3.05) is 4.90 Å². The van der Waals surface area contributed by atoms with Gasteiger partial charge in [0.1, 0.15) is 5.69 Å². The SMILES string of the molecule is Cc1cc(C(F)(F)F)nc(N2Cc3sc(Cc4ccc(C#N)cc4C)nc3[C@H]2C(C)C)n1. The van der Waals surface area contributed by atoms with Gasteiger partial charge in [-0.15, -0.1) is 11.3 Å². The molecule has 2 aromatic heterocycles. The van der Waals surface area contributed by atoms with Gasteiger partial charge in [-0.1, -0.05) is 19.9 Å². The number of aromatic nitrogens is 3. The molecule has 0 fully saturated rings. The van der Waals surface area contributed by atoms with Crippen LogP contribution in [-0.2, 0) is 19.1 Å². The summed E-state index contributed by atoms with van der Waals surface area (Å²) in [6.07, 6.45) is -3.87. The number of alkyl halides is 3. The molecule has 0 saturated heterocycles. The smallest absolute Gasteiger partial charge is 0.327 e. The molecule has 1 aliphatic heterocycles. The summed E-state index contributed by atoms with van der Waals surface area (Å²) in [5.41, 5.74) is 3.01. The molecular weight excluding hydrogens is 435 g/mol. The zero-order valence-electron chi connectivity index (χ0n) is 18.2. The first-order chi connectivity index (χ1) is 15.1. The zero-order chi connectivity index (χ0) is 23.2. The Morgan fingerprint density at radius 3 is 2.56 bits per heavy atom. The lowest BCUT2D eigenvalue weighted by atomic mass is 10.0. The minimum absolute atomic E-state index is 0.0886. The first kappa shape index (κ1) is 22.2. The number of rotatable bonds is 4. The number of hydrogen-bond donors (Lipinski definition) is 0. The van der Waals surface area contributed by atoms with Gasteiger partial charge in [0, 0.05) is 17.0 Å². The summed E-state index contributed by atoms with van der Waals surface area (Å²) < 4.78 is 39.9. The normalized spacial score (nSPS) is 15.8. The zero-order valence-corrected chi connectivity index (χ0v) is 19.0. The number of nitrogens with zero attached hydrogens (tertiary/aromatic N) is 5. The van der Waals surface area contributed by atoms with Gasteiger partial charge in [-0.2, -0.15) is 18.4 Å². The summed E-state index contributed by atoms with van der Waals surface area (Å²) in [7, 11) is 0. The van der Waals surface area contributed by atoms with E-state index in [1.54, 1.807) is 24.3 Å². The van der Waals surface area contributed by atoms with Crippen molar-refractivity contribution in [3.8, 4) is 6.07 Å². The lowest BCUT2D eigenvalue weighted by molar-refractivity contribution is -0.141. The number of aryl methyl sites for hydroxylation is 2. The van der Waals surface area contributed by atoms with E-state index in [0.717, 1.165) is 32.8 Å². The van der Waals surface area contributed by atoms with Crippen LogP contribution in [0.3, 0.4) is 0 Å². The van der Waals surface area contributed by atoms with E-state index in [1.807, 2.05) is 37.8 Å². The Morgan fingerprint density at radius 1 is 1.19 bits per heavy atom. The summed E-state index contributed by atoms with van der Waals surface area (Å²) in [5.74, 6) is 0.201. The van der Waals surface area contributed by atoms with Crippen LogP contribution in [0.25, 0.3) is 0 Å². The molecule has 5 nitrogen and oxygen atoms in total. The van der Waals surface area contributed by atoms with E-state index in [0.29, 0.717) is 18.5 Å². The van der Waals surface area contributed by atoms with Gasteiger partial charge < -0.3 is 4.90 Å². The van der Waals surface area contributed by atoms with E-state index in [-0.39, 0.29) is 23.6 Å². The van der Waals surface area contributed by atoms with Crippen LogP contribution in [0.5, 0.6) is 0 Å². The highest BCUT2D eigenvalue weighted by molar-refractivity contribution is 7.11. The van der Waals surface area contributed by atoms with Crippen LogP contribution in [-0.4, -0.2) is 15.0 Å². The van der Waals surface area contributed by atoms with E-state index in [9.17, 15) is 13.2 Å². The molecule has 0 bridgehead atoms. The number of hydrogen-bond acceptors (Lipinski definition) is 6. The van der Waals surface area contributed by atoms with Crippen molar-refractivity contribution in [3.05, 3.63) is 67.9 Å². The number of halogens is 3. The molecule has 0 radical (unpaired) electrons. The van der Waals surface area contributed by atoms with Gasteiger partial charge in [0.05, 0.1) is 34.9 Å². The highest BCUT2D eigenvalue weighted by Crippen LogP contribution is 2.43. The van der Waals surface area contributed by atoms with Crippen LogP contribution >= 0.6 is 11.3 Å². The van der Waals surface area contributed by atoms with E-state index < -0.39 is 11.9 Å². The van der Waals surface area contributed by atoms with E-state index in [4.69, 9.17) is 10.2 Å². The van der Waals surface area contributed by atoms with E-state index in [2.05, 4.69) is 16.0 Å². The molecule has 3 aromatic rings. The molecule has 1 aromatic carbocycles. The van der Waals surface area contributed by atoms with Gasteiger partial charge in [0.2, 0.25) is 5.95 Å². The second-order valence-corrected chi connectivity index (χ2v) is 9.52. The van der Waals surface area contributed by atoms with Crippen LogP contribution < -0.4 is 4.90 Å². The first-order valence-electron chi connectivity index (χ1n) is 10.2. The third-order valence-corrected chi connectivity index (χ3v) is 6.59. The Bertz CT molecular complexity index is 1210. The number of fused-ring (bicyclic) bond motifs is 1. The van der Waals surface area contributed by atoms with Gasteiger partial charge in [-0.25, -0.2) is 15.0 Å². The number of nitriles is 1. The predicted octanol–water partition coefficient (Wildman–Crippen LogP) is 5.75. The lowest BCUT2D eigenvalue weighted by Crippen LogP contribution is -2.29. The molecule has 0 N–H and O–H groups in total. The number of benzene rings is 1. The molecule has 1 aliphatic rings. The standard InChI is InChI=1S/C23H22F3N5S/c1-12(2)21-20-17(11-31(21)22-28-14(4)8-18(29-22)23(24,25)26)32-19(30-20)9-16-6-5-15(10-27)7-13(16)3/h5-8,12,21H,9,11H2,1-4H3/t21-/m1/s1. The van der Waals surface area contributed by atoms with Crippen LogP contribution in [0.2, 0.25) is 0 Å². The van der Waals surface area contributed by atoms with Crippen LogP contribution in [0.4, 0.5) is 19.1 Å². The monoisotopic (exact) mass is 457 g/mol. The summed E-state index contributed by atoms with van der Waals surface area (Å²) in [4.78, 5) is 15.9. The minimum Gasteiger partial charge on any atom is -0.327 e. The molecule has 0 unspecified atom stereocenters. The van der Waals surface area contributed by atoms with Crippen molar-refractivity contribution in [3.63, 3.8) is 0 Å². The quantitative estimate of drug-likeness (QED) is 0.499. The van der Waals surface area contributed by atoms with Crippen LogP contribution in [0.15, 0.2) is 24.3 Å². The maximum absolute atomic E-state index is 13.3. The Hall–Kier alpha value is -2.99. The molecule has 9 heteroatoms. The second-order valence-electron chi connectivity index (χ2n) is 8.35. The number of anilines is 1. The minimum atomic E-state index is -4.52. The van der Waals surface area contributed by atoms with E-state index >= 15 is 0 Å². The molecule has 0 spiro atoms. The summed E-state index contributed by atoms with van der Waals surface area (Å²) in [5, 5.41) is 10.0. The van der Waals surface area contributed by atoms with Crippen molar-refractivity contribution in [2.45, 2.75) is 52.9 Å². The third-order valence-electron chi connectivity index (χ3n) is 5.54. The maximum Gasteiger partial charge on any atom is 0.433 e. The van der Waals surface area contributed by atoms with Gasteiger partial charge in [0.25, 0.3) is 0 Å². The van der Waals surface area contributed by atoms with Crippen molar-refractivity contribution >= 4 is 17.3 Å². The van der Waals surface area contributed by atoms with E-state index in [1.165, 1.54) is 0 Å². The van der Waals surface area contributed by atoms with Crippen molar-refractivity contribution in [2.24, 2.45) is 5.92 Å². The second kappa shape index (κ2) is 8.17. The van der Waals surface area contributed by atoms with Gasteiger partial charge in [-0.3, -0.25) is 0 Å². The molecule has 0 amide bonds. The average Bonchev–Trinajstić information content (AvgIpc) is 3.25. The maximum atomic E-state index is 13.3. The summed E-state index contributed by atoms with van der Waals surface area (Å²) >= 11 is 1.57. The third kappa shape index (κ3) is 4.19. The topological polar surface area (TPSA) is 65.7 Å².